The molecular formula is C6H9BrO2. The summed E-state index contributed by atoms with van der Waals surface area (Å²) in [5, 5.41) is 0.922. The number of rotatable bonds is 2. The molecule has 0 unspecified atom stereocenters. The quantitative estimate of drug-likeness (QED) is 0.490. The van der Waals surface area contributed by atoms with Crippen LogP contribution in [0.25, 0.3) is 0 Å². The predicted octanol–water partition coefficient (Wildman–Crippen LogP) is 1.48. The van der Waals surface area contributed by atoms with Gasteiger partial charge in [-0.05, 0) is 12.8 Å². The molecule has 1 heterocycles. The van der Waals surface area contributed by atoms with Crippen LogP contribution >= 0.6 is 15.9 Å². The van der Waals surface area contributed by atoms with E-state index in [1.54, 1.807) is 0 Å². The minimum atomic E-state index is -0.0408. The first kappa shape index (κ1) is 7.06. The third-order valence-electron chi connectivity index (χ3n) is 1.40. The highest BCUT2D eigenvalue weighted by Gasteiger charge is 2.21. The highest BCUT2D eigenvalue weighted by molar-refractivity contribution is 9.09. The van der Waals surface area contributed by atoms with Crippen LogP contribution in [0.15, 0.2) is 0 Å². The van der Waals surface area contributed by atoms with Gasteiger partial charge in [-0.3, -0.25) is 4.79 Å². The highest BCUT2D eigenvalue weighted by Crippen LogP contribution is 2.16. The summed E-state index contributed by atoms with van der Waals surface area (Å²) >= 11 is 3.29. The smallest absolute Gasteiger partial charge is 0.306 e. The van der Waals surface area contributed by atoms with Crippen LogP contribution in [0.2, 0.25) is 0 Å². The van der Waals surface area contributed by atoms with E-state index in [0.29, 0.717) is 6.42 Å². The molecule has 0 spiro atoms. The Morgan fingerprint density at radius 3 is 3.00 bits per heavy atom. The average molecular weight is 193 g/mol. The number of carbonyl (C=O) groups is 1. The van der Waals surface area contributed by atoms with Gasteiger partial charge in [-0.2, -0.15) is 0 Å². The maximum atomic E-state index is 10.5. The van der Waals surface area contributed by atoms with Gasteiger partial charge in [0.2, 0.25) is 0 Å². The van der Waals surface area contributed by atoms with Crippen LogP contribution in [0.5, 0.6) is 0 Å². The third kappa shape index (κ3) is 1.97. The van der Waals surface area contributed by atoms with E-state index in [2.05, 4.69) is 15.9 Å². The first-order valence-electron chi connectivity index (χ1n) is 3.08. The summed E-state index contributed by atoms with van der Waals surface area (Å²) in [6.45, 7) is 0. The number of ether oxygens (including phenoxy) is 1. The standard InChI is InChI=1S/C6H9BrO2/c7-4-3-5-1-2-6(8)9-5/h5H,1-4H2/t5-/m1/s1. The molecule has 0 amide bonds. The molecule has 1 aliphatic rings. The van der Waals surface area contributed by atoms with Gasteiger partial charge in [0.15, 0.2) is 0 Å². The maximum Gasteiger partial charge on any atom is 0.306 e. The van der Waals surface area contributed by atoms with Crippen LogP contribution in [0.3, 0.4) is 0 Å². The van der Waals surface area contributed by atoms with Gasteiger partial charge in [-0.1, -0.05) is 15.9 Å². The van der Waals surface area contributed by atoms with Crippen LogP contribution < -0.4 is 0 Å². The van der Waals surface area contributed by atoms with E-state index in [1.165, 1.54) is 0 Å². The zero-order valence-electron chi connectivity index (χ0n) is 5.10. The van der Waals surface area contributed by atoms with Crippen LogP contribution in [0.1, 0.15) is 19.3 Å². The van der Waals surface area contributed by atoms with E-state index in [0.717, 1.165) is 18.2 Å². The molecule has 0 saturated carbocycles. The fraction of sp³-hybridized carbons (Fsp3) is 0.833. The van der Waals surface area contributed by atoms with Crippen molar-refractivity contribution < 1.29 is 9.53 Å². The van der Waals surface area contributed by atoms with Gasteiger partial charge in [0, 0.05) is 11.8 Å². The number of hydrogen-bond donors (Lipinski definition) is 0. The van der Waals surface area contributed by atoms with E-state index >= 15 is 0 Å². The number of esters is 1. The van der Waals surface area contributed by atoms with Crippen molar-refractivity contribution in [1.29, 1.82) is 0 Å². The van der Waals surface area contributed by atoms with Crippen LogP contribution in [0.4, 0.5) is 0 Å². The molecule has 0 radical (unpaired) electrons. The second kappa shape index (κ2) is 3.20. The Morgan fingerprint density at radius 1 is 1.78 bits per heavy atom. The summed E-state index contributed by atoms with van der Waals surface area (Å²) in [6, 6.07) is 0. The second-order valence-corrected chi connectivity index (χ2v) is 2.92. The van der Waals surface area contributed by atoms with Gasteiger partial charge >= 0.3 is 5.97 Å². The Bertz CT molecular complexity index is 114. The molecule has 2 nitrogen and oxygen atoms in total. The lowest BCUT2D eigenvalue weighted by atomic mass is 10.2. The topological polar surface area (TPSA) is 26.3 Å². The van der Waals surface area contributed by atoms with Gasteiger partial charge in [0.1, 0.15) is 6.10 Å². The molecule has 52 valence electrons. The number of carbonyl (C=O) groups excluding carboxylic acids is 1. The van der Waals surface area contributed by atoms with Gasteiger partial charge in [-0.25, -0.2) is 0 Å². The molecular weight excluding hydrogens is 184 g/mol. The summed E-state index contributed by atoms with van der Waals surface area (Å²) in [6.07, 6.45) is 2.66. The van der Waals surface area contributed by atoms with Gasteiger partial charge in [0.25, 0.3) is 0 Å². The lowest BCUT2D eigenvalue weighted by Gasteiger charge is -2.04. The second-order valence-electron chi connectivity index (χ2n) is 2.13. The van der Waals surface area contributed by atoms with Gasteiger partial charge < -0.3 is 4.74 Å². The monoisotopic (exact) mass is 192 g/mol. The minimum Gasteiger partial charge on any atom is -0.462 e. The SMILES string of the molecule is O=C1CC[C@H](CCBr)O1. The van der Waals surface area contributed by atoms with Crippen molar-refractivity contribution in [2.24, 2.45) is 0 Å². The van der Waals surface area contributed by atoms with Crippen molar-refractivity contribution in [1.82, 2.24) is 0 Å². The zero-order chi connectivity index (χ0) is 6.69. The normalized spacial score (nSPS) is 26.3. The average Bonchev–Trinajstić information content (AvgIpc) is 2.17. The molecule has 3 heteroatoms. The number of alkyl halides is 1. The fourth-order valence-corrected chi connectivity index (χ4v) is 1.42. The first-order chi connectivity index (χ1) is 4.33. The largest absolute Gasteiger partial charge is 0.462 e. The van der Waals surface area contributed by atoms with Crippen LogP contribution in [-0.4, -0.2) is 17.4 Å². The minimum absolute atomic E-state index is 0.0408. The molecule has 0 aromatic heterocycles. The number of hydrogen-bond acceptors (Lipinski definition) is 2. The van der Waals surface area contributed by atoms with E-state index in [1.807, 2.05) is 0 Å². The van der Waals surface area contributed by atoms with Crippen LogP contribution in [-0.2, 0) is 9.53 Å². The van der Waals surface area contributed by atoms with E-state index in [9.17, 15) is 4.79 Å². The Balaban J connectivity index is 2.22. The van der Waals surface area contributed by atoms with Crippen molar-refractivity contribution in [3.8, 4) is 0 Å². The molecule has 1 atom stereocenters. The van der Waals surface area contributed by atoms with Crippen molar-refractivity contribution >= 4 is 21.9 Å². The number of halogens is 1. The van der Waals surface area contributed by atoms with Gasteiger partial charge in [-0.15, -0.1) is 0 Å². The predicted molar refractivity (Wildman–Crippen MR) is 37.5 cm³/mol. The Labute approximate surface area is 62.7 Å². The Kier molecular flexibility index (Phi) is 2.51. The highest BCUT2D eigenvalue weighted by atomic mass is 79.9. The molecule has 1 fully saturated rings. The van der Waals surface area contributed by atoms with Crippen molar-refractivity contribution in [2.45, 2.75) is 25.4 Å². The molecule has 1 rings (SSSR count). The zero-order valence-corrected chi connectivity index (χ0v) is 6.69. The molecule has 0 aliphatic carbocycles. The van der Waals surface area contributed by atoms with Crippen molar-refractivity contribution in [2.75, 3.05) is 5.33 Å². The fourth-order valence-electron chi connectivity index (χ4n) is 0.908. The van der Waals surface area contributed by atoms with E-state index in [-0.39, 0.29) is 12.1 Å². The lowest BCUT2D eigenvalue weighted by Crippen LogP contribution is -2.06. The molecule has 0 N–H and O–H groups in total. The van der Waals surface area contributed by atoms with E-state index < -0.39 is 0 Å². The molecule has 0 aromatic carbocycles. The summed E-state index contributed by atoms with van der Waals surface area (Å²) in [7, 11) is 0. The first-order valence-corrected chi connectivity index (χ1v) is 4.20. The Morgan fingerprint density at radius 2 is 2.56 bits per heavy atom. The molecule has 1 saturated heterocycles. The summed E-state index contributed by atoms with van der Waals surface area (Å²) in [5.74, 6) is -0.0408. The summed E-state index contributed by atoms with van der Waals surface area (Å²) in [4.78, 5) is 10.5. The molecule has 0 bridgehead atoms. The van der Waals surface area contributed by atoms with Crippen molar-refractivity contribution in [3.05, 3.63) is 0 Å². The van der Waals surface area contributed by atoms with Gasteiger partial charge in [0.05, 0.1) is 0 Å². The number of cyclic esters (lactones) is 1. The summed E-state index contributed by atoms with van der Waals surface area (Å²) in [5.41, 5.74) is 0. The van der Waals surface area contributed by atoms with Crippen LogP contribution in [0, 0.1) is 0 Å². The molecule has 9 heavy (non-hydrogen) atoms. The lowest BCUT2D eigenvalue weighted by molar-refractivity contribution is -0.141. The van der Waals surface area contributed by atoms with Crippen molar-refractivity contribution in [3.63, 3.8) is 0 Å². The molecule has 1 aliphatic heterocycles. The molecule has 0 aromatic rings. The Hall–Kier alpha value is -0.0500. The summed E-state index contributed by atoms with van der Waals surface area (Å²) < 4.78 is 4.93. The van der Waals surface area contributed by atoms with E-state index in [4.69, 9.17) is 4.74 Å². The maximum absolute atomic E-state index is 10.5. The third-order valence-corrected chi connectivity index (χ3v) is 1.86.